The van der Waals surface area contributed by atoms with E-state index in [-0.39, 0.29) is 18.0 Å². The first-order chi connectivity index (χ1) is 13.4. The Bertz CT molecular complexity index is 790. The van der Waals surface area contributed by atoms with Crippen LogP contribution < -0.4 is 20.1 Å². The molecule has 1 aromatic rings. The van der Waals surface area contributed by atoms with Crippen LogP contribution in [0.1, 0.15) is 31.9 Å². The zero-order valence-electron chi connectivity index (χ0n) is 16.7. The van der Waals surface area contributed by atoms with Gasteiger partial charge in [0.1, 0.15) is 0 Å². The van der Waals surface area contributed by atoms with E-state index < -0.39 is 6.04 Å². The van der Waals surface area contributed by atoms with Gasteiger partial charge in [-0.25, -0.2) is 4.79 Å². The summed E-state index contributed by atoms with van der Waals surface area (Å²) in [6, 6.07) is 4.52. The third kappa shape index (κ3) is 4.06. The molecule has 0 aliphatic carbocycles. The van der Waals surface area contributed by atoms with Gasteiger partial charge in [0.15, 0.2) is 11.5 Å². The third-order valence-corrected chi connectivity index (χ3v) is 4.78. The predicted molar refractivity (Wildman–Crippen MR) is 103 cm³/mol. The predicted octanol–water partition coefficient (Wildman–Crippen LogP) is 1.97. The lowest BCUT2D eigenvalue weighted by atomic mass is 9.96. The average molecular weight is 389 g/mol. The third-order valence-electron chi connectivity index (χ3n) is 4.78. The first kappa shape index (κ1) is 20.0. The van der Waals surface area contributed by atoms with Crippen molar-refractivity contribution in [3.8, 4) is 11.5 Å². The molecule has 8 nitrogen and oxygen atoms in total. The number of carbonyl (C=O) groups is 2. The zero-order chi connectivity index (χ0) is 20.3. The first-order valence-corrected chi connectivity index (χ1v) is 9.38. The first-order valence-electron chi connectivity index (χ1n) is 9.38. The molecule has 0 fully saturated rings. The Morgan fingerprint density at radius 2 is 1.93 bits per heavy atom. The van der Waals surface area contributed by atoms with Crippen LogP contribution in [-0.2, 0) is 9.53 Å². The van der Waals surface area contributed by atoms with Crippen molar-refractivity contribution < 1.29 is 23.8 Å². The number of nitrogens with zero attached hydrogens (tertiary/aromatic N) is 1. The van der Waals surface area contributed by atoms with Crippen molar-refractivity contribution in [2.45, 2.75) is 32.4 Å². The van der Waals surface area contributed by atoms with Gasteiger partial charge in [0, 0.05) is 13.2 Å². The van der Waals surface area contributed by atoms with E-state index in [1.165, 1.54) is 0 Å². The van der Waals surface area contributed by atoms with Gasteiger partial charge in [0.05, 0.1) is 44.2 Å². The Morgan fingerprint density at radius 1 is 1.18 bits per heavy atom. The van der Waals surface area contributed by atoms with E-state index in [4.69, 9.17) is 14.2 Å². The van der Waals surface area contributed by atoms with Crippen molar-refractivity contribution in [3.63, 3.8) is 0 Å². The Hall–Kier alpha value is -2.74. The maximum atomic E-state index is 13.0. The van der Waals surface area contributed by atoms with Crippen LogP contribution in [0.4, 0.5) is 4.79 Å². The van der Waals surface area contributed by atoms with Crippen LogP contribution in [0, 0.1) is 0 Å². The van der Waals surface area contributed by atoms with Crippen molar-refractivity contribution in [1.29, 1.82) is 0 Å². The lowest BCUT2D eigenvalue weighted by Gasteiger charge is -2.26. The van der Waals surface area contributed by atoms with Crippen molar-refractivity contribution in [2.24, 2.45) is 0 Å². The Balaban J connectivity index is 1.79. The summed E-state index contributed by atoms with van der Waals surface area (Å²) in [5.74, 6) is 1.06. The average Bonchev–Trinajstić information content (AvgIpc) is 2.99. The van der Waals surface area contributed by atoms with Crippen LogP contribution in [0.2, 0.25) is 0 Å². The number of nitrogens with one attached hydrogen (secondary N) is 2. The monoisotopic (exact) mass is 389 g/mol. The standard InChI is InChI=1S/C20H27N3O5/c1-12(2)28-9-5-8-23-11-14-17(19(23)24)18(22-20(25)21-14)13-6-7-15(26-3)16(10-13)27-4/h6-7,10,12,18H,5,8-9,11H2,1-4H3,(H2,21,22,25)/t18-/m1/s1. The molecule has 8 heteroatoms. The van der Waals surface area contributed by atoms with Gasteiger partial charge >= 0.3 is 6.03 Å². The van der Waals surface area contributed by atoms with E-state index in [1.54, 1.807) is 31.3 Å². The molecule has 3 amide bonds. The molecule has 3 rings (SSSR count). The second-order valence-corrected chi connectivity index (χ2v) is 7.04. The summed E-state index contributed by atoms with van der Waals surface area (Å²) in [5, 5.41) is 5.63. The molecular weight excluding hydrogens is 362 g/mol. The van der Waals surface area contributed by atoms with Gasteiger partial charge in [0.25, 0.3) is 5.91 Å². The molecule has 1 atom stereocenters. The van der Waals surface area contributed by atoms with E-state index in [2.05, 4.69) is 10.6 Å². The number of carbonyl (C=O) groups excluding carboxylic acids is 2. The minimum Gasteiger partial charge on any atom is -0.493 e. The summed E-state index contributed by atoms with van der Waals surface area (Å²) >= 11 is 0. The molecule has 1 aromatic carbocycles. The molecule has 0 unspecified atom stereocenters. The zero-order valence-corrected chi connectivity index (χ0v) is 16.7. The maximum absolute atomic E-state index is 13.0. The minimum atomic E-state index is -0.534. The lowest BCUT2D eigenvalue weighted by Crippen LogP contribution is -2.44. The summed E-state index contributed by atoms with van der Waals surface area (Å²) in [5.41, 5.74) is 1.98. The van der Waals surface area contributed by atoms with E-state index >= 15 is 0 Å². The second kappa shape index (κ2) is 8.52. The minimum absolute atomic E-state index is 0.0770. The van der Waals surface area contributed by atoms with E-state index in [0.29, 0.717) is 42.5 Å². The number of methoxy groups -OCH3 is 2. The molecule has 0 aromatic heterocycles. The van der Waals surface area contributed by atoms with Crippen molar-refractivity contribution >= 4 is 11.9 Å². The SMILES string of the molecule is COc1ccc([C@H]2NC(=O)NC3=C2C(=O)N(CCCOC(C)C)C3)cc1OC. The number of amides is 3. The quantitative estimate of drug-likeness (QED) is 0.664. The normalized spacial score (nSPS) is 18.9. The number of urea groups is 1. The molecule has 2 N–H and O–H groups in total. The lowest BCUT2D eigenvalue weighted by molar-refractivity contribution is -0.126. The topological polar surface area (TPSA) is 89.1 Å². The van der Waals surface area contributed by atoms with Crippen LogP contribution >= 0.6 is 0 Å². The molecular formula is C20H27N3O5. The fourth-order valence-corrected chi connectivity index (χ4v) is 3.47. The van der Waals surface area contributed by atoms with Gasteiger partial charge in [-0.2, -0.15) is 0 Å². The largest absolute Gasteiger partial charge is 0.493 e. The molecule has 0 radical (unpaired) electrons. The summed E-state index contributed by atoms with van der Waals surface area (Å²) in [6.07, 6.45) is 0.908. The van der Waals surface area contributed by atoms with Gasteiger partial charge in [-0.15, -0.1) is 0 Å². The van der Waals surface area contributed by atoms with E-state index in [1.807, 2.05) is 19.9 Å². The molecule has 28 heavy (non-hydrogen) atoms. The van der Waals surface area contributed by atoms with Gasteiger partial charge in [-0.05, 0) is 38.0 Å². The van der Waals surface area contributed by atoms with Crippen LogP contribution in [-0.4, -0.2) is 56.9 Å². The molecule has 0 spiro atoms. The second-order valence-electron chi connectivity index (χ2n) is 7.04. The fraction of sp³-hybridized carbons (Fsp3) is 0.500. The van der Waals surface area contributed by atoms with Gasteiger partial charge in [-0.1, -0.05) is 6.07 Å². The van der Waals surface area contributed by atoms with Gasteiger partial charge < -0.3 is 29.7 Å². The van der Waals surface area contributed by atoms with E-state index in [0.717, 1.165) is 12.0 Å². The van der Waals surface area contributed by atoms with Gasteiger partial charge in [-0.3, -0.25) is 4.79 Å². The summed E-state index contributed by atoms with van der Waals surface area (Å²) in [4.78, 5) is 26.9. The van der Waals surface area contributed by atoms with Crippen molar-refractivity contribution in [3.05, 3.63) is 35.0 Å². The van der Waals surface area contributed by atoms with Crippen LogP contribution in [0.25, 0.3) is 0 Å². The molecule has 2 aliphatic heterocycles. The van der Waals surface area contributed by atoms with Crippen molar-refractivity contribution in [2.75, 3.05) is 33.9 Å². The Kier molecular flexibility index (Phi) is 6.08. The van der Waals surface area contributed by atoms with Crippen LogP contribution in [0.5, 0.6) is 11.5 Å². The molecule has 0 saturated heterocycles. The number of rotatable bonds is 8. The number of hydrogen-bond donors (Lipinski definition) is 2. The smallest absolute Gasteiger partial charge is 0.319 e. The highest BCUT2D eigenvalue weighted by atomic mass is 16.5. The summed E-state index contributed by atoms with van der Waals surface area (Å²) in [7, 11) is 3.11. The van der Waals surface area contributed by atoms with Crippen LogP contribution in [0.3, 0.4) is 0 Å². The molecule has 2 aliphatic rings. The number of hydrogen-bond acceptors (Lipinski definition) is 5. The molecule has 0 saturated carbocycles. The van der Waals surface area contributed by atoms with E-state index in [9.17, 15) is 9.59 Å². The molecule has 2 heterocycles. The Morgan fingerprint density at radius 3 is 2.61 bits per heavy atom. The maximum Gasteiger partial charge on any atom is 0.319 e. The number of ether oxygens (including phenoxy) is 3. The Labute approximate surface area is 164 Å². The van der Waals surface area contributed by atoms with Crippen LogP contribution in [0.15, 0.2) is 29.5 Å². The molecule has 152 valence electrons. The fourth-order valence-electron chi connectivity index (χ4n) is 3.47. The highest BCUT2D eigenvalue weighted by Gasteiger charge is 2.40. The highest BCUT2D eigenvalue weighted by Crippen LogP contribution is 2.36. The summed E-state index contributed by atoms with van der Waals surface area (Å²) in [6.45, 7) is 5.53. The summed E-state index contributed by atoms with van der Waals surface area (Å²) < 4.78 is 16.2. The number of benzene rings is 1. The highest BCUT2D eigenvalue weighted by molar-refractivity contribution is 6.01. The van der Waals surface area contributed by atoms with Gasteiger partial charge in [0.2, 0.25) is 0 Å². The molecule has 0 bridgehead atoms. The van der Waals surface area contributed by atoms with Crippen molar-refractivity contribution in [1.82, 2.24) is 15.5 Å².